The van der Waals surface area contributed by atoms with E-state index in [4.69, 9.17) is 28.4 Å². The Balaban J connectivity index is 0.991. The molecule has 0 amide bonds. The van der Waals surface area contributed by atoms with Gasteiger partial charge in [-0.1, -0.05) is 60.1 Å². The normalized spacial score (nSPS) is 53.1. The van der Waals surface area contributed by atoms with Gasteiger partial charge in [0, 0.05) is 11.3 Å². The number of aliphatic hydroxyl groups is 12. The maximum Gasteiger partial charge on any atom is 0.338 e. The molecule has 3 saturated heterocycles. The molecule has 0 radical (unpaired) electrons. The van der Waals surface area contributed by atoms with Crippen molar-refractivity contribution in [2.75, 3.05) is 13.2 Å². The van der Waals surface area contributed by atoms with Gasteiger partial charge in [0.15, 0.2) is 18.7 Å². The molecule has 8 rings (SSSR count). The van der Waals surface area contributed by atoms with Crippen molar-refractivity contribution in [1.29, 1.82) is 0 Å². The van der Waals surface area contributed by atoms with Gasteiger partial charge in [0.2, 0.25) is 6.29 Å². The molecular formula is C48H76O20. The van der Waals surface area contributed by atoms with E-state index in [9.17, 15) is 70.9 Å². The molecule has 24 atom stereocenters. The first-order valence-electron chi connectivity index (χ1n) is 24.4. The summed E-state index contributed by atoms with van der Waals surface area (Å²) < 4.78 is 34.0. The Labute approximate surface area is 396 Å². The summed E-state index contributed by atoms with van der Waals surface area (Å²) in [6.07, 6.45) is -20.3. The molecule has 8 aliphatic rings. The Morgan fingerprint density at radius 3 is 1.84 bits per heavy atom. The second-order valence-corrected chi connectivity index (χ2v) is 23.5. The predicted molar refractivity (Wildman–Crippen MR) is 232 cm³/mol. The van der Waals surface area contributed by atoms with Crippen molar-refractivity contribution in [3.05, 3.63) is 11.6 Å². The lowest BCUT2D eigenvalue weighted by molar-refractivity contribution is -0.359. The van der Waals surface area contributed by atoms with Crippen molar-refractivity contribution < 1.29 is 99.3 Å². The van der Waals surface area contributed by atoms with Crippen LogP contribution in [0.5, 0.6) is 0 Å². The van der Waals surface area contributed by atoms with Crippen molar-refractivity contribution in [2.24, 2.45) is 50.2 Å². The topological polar surface area (TPSA) is 332 Å². The van der Waals surface area contributed by atoms with Gasteiger partial charge in [0.05, 0.1) is 24.7 Å². The molecule has 68 heavy (non-hydrogen) atoms. The van der Waals surface area contributed by atoms with E-state index in [0.29, 0.717) is 44.9 Å². The highest BCUT2D eigenvalue weighted by Gasteiger charge is 2.71. The third-order valence-corrected chi connectivity index (χ3v) is 19.5. The molecule has 7 fully saturated rings. The van der Waals surface area contributed by atoms with Crippen molar-refractivity contribution in [3.8, 4) is 0 Å². The second-order valence-electron chi connectivity index (χ2n) is 23.5. The van der Waals surface area contributed by atoms with Crippen LogP contribution in [0.4, 0.5) is 0 Å². The quantitative estimate of drug-likeness (QED) is 0.0987. The number of allylic oxidation sites excluding steroid dienone is 1. The molecule has 0 aromatic carbocycles. The number of hydrogen-bond acceptors (Lipinski definition) is 20. The second kappa shape index (κ2) is 18.2. The van der Waals surface area contributed by atoms with Crippen molar-refractivity contribution in [2.45, 2.75) is 211 Å². The van der Waals surface area contributed by atoms with Gasteiger partial charge in [0.1, 0.15) is 73.2 Å². The first-order valence-corrected chi connectivity index (χ1v) is 24.4. The maximum atomic E-state index is 14.7. The molecule has 0 spiro atoms. The van der Waals surface area contributed by atoms with Crippen LogP contribution in [0.25, 0.3) is 0 Å². The highest BCUT2D eigenvalue weighted by molar-refractivity contribution is 5.79. The number of rotatable bonds is 8. The lowest BCUT2D eigenvalue weighted by Crippen LogP contribution is -2.67. The Kier molecular flexibility index (Phi) is 14.0. The van der Waals surface area contributed by atoms with E-state index in [-0.39, 0.29) is 22.7 Å². The molecule has 388 valence electrons. The molecule has 4 saturated carbocycles. The number of hydrogen-bond donors (Lipinski definition) is 12. The van der Waals surface area contributed by atoms with Crippen LogP contribution in [-0.2, 0) is 38.0 Å². The minimum absolute atomic E-state index is 0.0401. The highest BCUT2D eigenvalue weighted by atomic mass is 16.7. The van der Waals surface area contributed by atoms with E-state index in [1.165, 1.54) is 0 Å². The van der Waals surface area contributed by atoms with E-state index in [1.54, 1.807) is 0 Å². The van der Waals surface area contributed by atoms with Gasteiger partial charge < -0.3 is 89.7 Å². The minimum Gasteiger partial charge on any atom is -0.460 e. The standard InChI is InChI=1S/C48H76O20/c1-43(2)14-16-48(42(62)68-41-34(58)30(54)28(52)22(19-50)64-41)17-15-46(6)20(26(48)37(43)59)8-9-24-45(5)12-11-25(44(3,4)23(45)10-13-47(24,46)7)65-38(60)35-31(55)32(56)36(39(61)66-35)67-40-33(57)29(53)27(51)21(18-49)63-40/h8,21-37,39-41,49-59,61H,9-19H2,1-7H3. The summed E-state index contributed by atoms with van der Waals surface area (Å²) in [6.45, 7) is 13.6. The highest BCUT2D eigenvalue weighted by Crippen LogP contribution is 2.76. The van der Waals surface area contributed by atoms with E-state index < -0.39 is 157 Å². The summed E-state index contributed by atoms with van der Waals surface area (Å²) in [5.41, 5.74) is -2.40. The fraction of sp³-hybridized carbons (Fsp3) is 0.917. The predicted octanol–water partition coefficient (Wildman–Crippen LogP) is -1.36. The Hall–Kier alpha value is -1.96. The van der Waals surface area contributed by atoms with Crippen LogP contribution in [-0.4, -0.2) is 191 Å². The number of fused-ring (bicyclic) bond motifs is 7. The zero-order valence-electron chi connectivity index (χ0n) is 40.0. The van der Waals surface area contributed by atoms with Crippen LogP contribution < -0.4 is 0 Å². The zero-order chi connectivity index (χ0) is 50.0. The molecule has 24 unspecified atom stereocenters. The van der Waals surface area contributed by atoms with Crippen molar-refractivity contribution >= 4 is 11.9 Å². The number of carbonyl (C=O) groups excluding carboxylic acids is 2. The van der Waals surface area contributed by atoms with Gasteiger partial charge in [-0.3, -0.25) is 4.79 Å². The Morgan fingerprint density at radius 1 is 0.632 bits per heavy atom. The average molecular weight is 973 g/mol. The molecule has 20 heteroatoms. The third-order valence-electron chi connectivity index (χ3n) is 19.5. The molecule has 3 aliphatic heterocycles. The van der Waals surface area contributed by atoms with Crippen molar-refractivity contribution in [3.63, 3.8) is 0 Å². The fourth-order valence-electron chi connectivity index (χ4n) is 14.9. The molecule has 12 N–H and O–H groups in total. The largest absolute Gasteiger partial charge is 0.460 e. The summed E-state index contributed by atoms with van der Waals surface area (Å²) in [7, 11) is 0. The van der Waals surface area contributed by atoms with E-state index in [0.717, 1.165) is 18.4 Å². The van der Waals surface area contributed by atoms with E-state index in [1.807, 2.05) is 13.8 Å². The minimum atomic E-state index is -2.04. The van der Waals surface area contributed by atoms with Gasteiger partial charge in [-0.25, -0.2) is 4.79 Å². The first-order chi connectivity index (χ1) is 31.7. The summed E-state index contributed by atoms with van der Waals surface area (Å²) in [4.78, 5) is 28.6. The van der Waals surface area contributed by atoms with Crippen molar-refractivity contribution in [1.82, 2.24) is 0 Å². The number of ether oxygens (including phenoxy) is 6. The molecular weight excluding hydrogens is 897 g/mol. The van der Waals surface area contributed by atoms with Crippen LogP contribution in [0, 0.1) is 50.2 Å². The molecule has 0 aromatic rings. The van der Waals surface area contributed by atoms with Gasteiger partial charge >= 0.3 is 11.9 Å². The lowest BCUT2D eigenvalue weighted by Gasteiger charge is -2.71. The van der Waals surface area contributed by atoms with E-state index >= 15 is 0 Å². The third kappa shape index (κ3) is 7.85. The summed E-state index contributed by atoms with van der Waals surface area (Å²) in [5.74, 6) is -2.14. The number of carbonyl (C=O) groups is 2. The maximum absolute atomic E-state index is 14.7. The number of aliphatic hydroxyl groups excluding tert-OH is 12. The monoisotopic (exact) mass is 972 g/mol. The van der Waals surface area contributed by atoms with Gasteiger partial charge in [-0.05, 0) is 91.3 Å². The summed E-state index contributed by atoms with van der Waals surface area (Å²) in [5, 5.41) is 127. The van der Waals surface area contributed by atoms with E-state index in [2.05, 4.69) is 40.7 Å². The molecule has 0 aromatic heterocycles. The Bertz CT molecular complexity index is 1910. The van der Waals surface area contributed by atoms with Crippen LogP contribution >= 0.6 is 0 Å². The number of esters is 2. The molecule has 5 aliphatic carbocycles. The molecule has 3 heterocycles. The summed E-state index contributed by atoms with van der Waals surface area (Å²) in [6, 6.07) is 0. The summed E-state index contributed by atoms with van der Waals surface area (Å²) >= 11 is 0. The van der Waals surface area contributed by atoms with Gasteiger partial charge in [-0.2, -0.15) is 0 Å². The Morgan fingerprint density at radius 2 is 1.22 bits per heavy atom. The smallest absolute Gasteiger partial charge is 0.338 e. The lowest BCUT2D eigenvalue weighted by atomic mass is 9.33. The van der Waals surface area contributed by atoms with Gasteiger partial charge in [0.25, 0.3) is 0 Å². The zero-order valence-corrected chi connectivity index (χ0v) is 40.0. The van der Waals surface area contributed by atoms with Gasteiger partial charge in [-0.15, -0.1) is 0 Å². The average Bonchev–Trinajstić information content (AvgIpc) is 3.28. The molecule has 0 bridgehead atoms. The molecule has 20 nitrogen and oxygen atoms in total. The van der Waals surface area contributed by atoms with Crippen LogP contribution in [0.15, 0.2) is 11.6 Å². The first kappa shape index (κ1) is 52.4. The van der Waals surface area contributed by atoms with Crippen LogP contribution in [0.2, 0.25) is 0 Å². The van der Waals surface area contributed by atoms with Crippen LogP contribution in [0.3, 0.4) is 0 Å². The SMILES string of the molecule is CC1(C)CCC2(C(=O)OC3OC(CO)C(O)C(O)C3O)CCC3(C)C(=CCC4C5(C)CCC(OC(=O)C6OC(O)C(OC7OC(CO)C(O)C(O)C7O)C(O)C6O)C(C)(C)C5CCC43C)C2C1O. The van der Waals surface area contributed by atoms with Crippen LogP contribution in [0.1, 0.15) is 106 Å². The fourth-order valence-corrected chi connectivity index (χ4v) is 14.9.